The van der Waals surface area contributed by atoms with E-state index >= 15 is 0 Å². The lowest BCUT2D eigenvalue weighted by molar-refractivity contribution is 0.203. The summed E-state index contributed by atoms with van der Waals surface area (Å²) < 4.78 is 0. The van der Waals surface area contributed by atoms with Crippen LogP contribution in [0.2, 0.25) is 0 Å². The molecule has 0 aromatic heterocycles. The molecular formula is C17H33N3O. The Kier molecular flexibility index (Phi) is 6.34. The zero-order chi connectivity index (χ0) is 15.2. The molecular weight excluding hydrogens is 262 g/mol. The summed E-state index contributed by atoms with van der Waals surface area (Å²) >= 11 is 0. The summed E-state index contributed by atoms with van der Waals surface area (Å²) in [5.74, 6) is 2.92. The Bertz CT molecular complexity index is 316. The molecule has 2 atom stereocenters. The molecule has 0 aromatic carbocycles. The Morgan fingerprint density at radius 1 is 1.00 bits per heavy atom. The van der Waals surface area contributed by atoms with Crippen molar-refractivity contribution >= 4 is 6.03 Å². The monoisotopic (exact) mass is 295 g/mol. The molecule has 122 valence electrons. The number of amides is 2. The second-order valence-corrected chi connectivity index (χ2v) is 7.59. The van der Waals surface area contributed by atoms with Crippen molar-refractivity contribution in [2.75, 3.05) is 13.1 Å². The van der Waals surface area contributed by atoms with Crippen molar-refractivity contribution in [1.82, 2.24) is 10.6 Å². The Morgan fingerprint density at radius 2 is 1.62 bits per heavy atom. The minimum atomic E-state index is 0.0251. The lowest BCUT2D eigenvalue weighted by Gasteiger charge is -2.32. The number of carbonyl (C=O) groups is 1. The molecule has 4 N–H and O–H groups in total. The van der Waals surface area contributed by atoms with Crippen LogP contribution in [0, 0.1) is 23.7 Å². The molecule has 21 heavy (non-hydrogen) atoms. The summed E-state index contributed by atoms with van der Waals surface area (Å²) in [7, 11) is 0. The fourth-order valence-electron chi connectivity index (χ4n) is 4.30. The van der Waals surface area contributed by atoms with Crippen LogP contribution in [0.4, 0.5) is 4.79 Å². The normalized spacial score (nSPS) is 37.0. The summed E-state index contributed by atoms with van der Waals surface area (Å²) in [6.07, 6.45) is 8.31. The molecule has 0 spiro atoms. The smallest absolute Gasteiger partial charge is 0.315 e. The highest BCUT2D eigenvalue weighted by Gasteiger charge is 2.25. The van der Waals surface area contributed by atoms with Gasteiger partial charge < -0.3 is 16.4 Å². The van der Waals surface area contributed by atoms with Gasteiger partial charge in [-0.05, 0) is 75.2 Å². The molecule has 2 saturated carbocycles. The zero-order valence-corrected chi connectivity index (χ0v) is 13.7. The maximum atomic E-state index is 12.0. The quantitative estimate of drug-likeness (QED) is 0.746. The van der Waals surface area contributed by atoms with Crippen LogP contribution < -0.4 is 16.4 Å². The summed E-state index contributed by atoms with van der Waals surface area (Å²) in [5.41, 5.74) is 5.70. The molecule has 0 bridgehead atoms. The number of nitrogens with one attached hydrogen (secondary N) is 2. The van der Waals surface area contributed by atoms with E-state index in [0.717, 1.165) is 50.6 Å². The first-order valence-corrected chi connectivity index (χ1v) is 8.81. The fourth-order valence-corrected chi connectivity index (χ4v) is 4.30. The first-order valence-electron chi connectivity index (χ1n) is 8.81. The molecule has 0 aromatic rings. The number of nitrogens with two attached hydrogens (primary N) is 1. The largest absolute Gasteiger partial charge is 0.338 e. The molecule has 2 aliphatic carbocycles. The third-order valence-electron chi connectivity index (χ3n) is 5.34. The average Bonchev–Trinajstić information content (AvgIpc) is 2.45. The van der Waals surface area contributed by atoms with E-state index in [1.807, 2.05) is 0 Å². The number of rotatable bonds is 4. The highest BCUT2D eigenvalue weighted by Crippen LogP contribution is 2.32. The van der Waals surface area contributed by atoms with Crippen molar-refractivity contribution in [3.8, 4) is 0 Å². The van der Waals surface area contributed by atoms with Crippen LogP contribution in [0.25, 0.3) is 0 Å². The number of carbonyl (C=O) groups excluding carboxylic acids is 1. The third-order valence-corrected chi connectivity index (χ3v) is 5.34. The van der Waals surface area contributed by atoms with E-state index in [2.05, 4.69) is 24.5 Å². The van der Waals surface area contributed by atoms with E-state index in [9.17, 15) is 4.79 Å². The minimum Gasteiger partial charge on any atom is -0.338 e. The number of hydrogen-bond donors (Lipinski definition) is 3. The van der Waals surface area contributed by atoms with Gasteiger partial charge in [-0.25, -0.2) is 4.79 Å². The summed E-state index contributed by atoms with van der Waals surface area (Å²) in [6, 6.07) is 0.370. The molecule has 4 nitrogen and oxygen atoms in total. The van der Waals surface area contributed by atoms with Crippen LogP contribution in [-0.4, -0.2) is 25.2 Å². The topological polar surface area (TPSA) is 67.2 Å². The summed E-state index contributed by atoms with van der Waals surface area (Å²) in [5, 5.41) is 6.23. The van der Waals surface area contributed by atoms with E-state index < -0.39 is 0 Å². The van der Waals surface area contributed by atoms with Crippen LogP contribution in [-0.2, 0) is 0 Å². The minimum absolute atomic E-state index is 0.0251. The van der Waals surface area contributed by atoms with Crippen LogP contribution in [0.1, 0.15) is 58.8 Å². The molecule has 4 heteroatoms. The third kappa shape index (κ3) is 5.50. The molecule has 0 aliphatic heterocycles. The Balaban J connectivity index is 1.63. The summed E-state index contributed by atoms with van der Waals surface area (Å²) in [4.78, 5) is 12.0. The van der Waals surface area contributed by atoms with Gasteiger partial charge >= 0.3 is 6.03 Å². The van der Waals surface area contributed by atoms with Crippen molar-refractivity contribution in [3.63, 3.8) is 0 Å². The molecule has 2 unspecified atom stereocenters. The molecule has 0 saturated heterocycles. The van der Waals surface area contributed by atoms with Gasteiger partial charge in [0.15, 0.2) is 0 Å². The first-order chi connectivity index (χ1) is 10.1. The zero-order valence-electron chi connectivity index (χ0n) is 13.7. The predicted molar refractivity (Wildman–Crippen MR) is 87.0 cm³/mol. The lowest BCUT2D eigenvalue weighted by atomic mass is 9.77. The number of hydrogen-bond acceptors (Lipinski definition) is 2. The maximum absolute atomic E-state index is 12.0. The first kappa shape index (κ1) is 16.6. The van der Waals surface area contributed by atoms with Crippen molar-refractivity contribution in [2.24, 2.45) is 29.4 Å². The standard InChI is InChI=1S/C17H33N3O/c1-12-7-13(2)9-15(8-12)11-19-17(21)20-16-5-3-14(10-18)4-6-16/h12-16H,3-11,18H2,1-2H3,(H2,19,20,21). The van der Waals surface area contributed by atoms with E-state index in [4.69, 9.17) is 5.73 Å². The number of urea groups is 1. The Hall–Kier alpha value is -0.770. The SMILES string of the molecule is CC1CC(C)CC(CNC(=O)NC2CCC(CN)CC2)C1. The van der Waals surface area contributed by atoms with E-state index in [-0.39, 0.29) is 6.03 Å². The van der Waals surface area contributed by atoms with E-state index in [0.29, 0.717) is 17.9 Å². The van der Waals surface area contributed by atoms with E-state index in [1.165, 1.54) is 19.3 Å². The van der Waals surface area contributed by atoms with Crippen molar-refractivity contribution in [1.29, 1.82) is 0 Å². The second kappa shape index (κ2) is 8.02. The van der Waals surface area contributed by atoms with Crippen molar-refractivity contribution in [2.45, 2.75) is 64.8 Å². The predicted octanol–water partition coefficient (Wildman–Crippen LogP) is 2.88. The van der Waals surface area contributed by atoms with Crippen LogP contribution in [0.3, 0.4) is 0 Å². The second-order valence-electron chi connectivity index (χ2n) is 7.59. The van der Waals surface area contributed by atoms with Gasteiger partial charge in [-0.1, -0.05) is 13.8 Å². The Labute approximate surface area is 129 Å². The van der Waals surface area contributed by atoms with Crippen molar-refractivity contribution in [3.05, 3.63) is 0 Å². The molecule has 2 fully saturated rings. The van der Waals surface area contributed by atoms with Crippen molar-refractivity contribution < 1.29 is 4.79 Å². The summed E-state index contributed by atoms with van der Waals surface area (Å²) in [6.45, 7) is 6.28. The van der Waals surface area contributed by atoms with Gasteiger partial charge in [0, 0.05) is 12.6 Å². The molecule has 2 aliphatic rings. The van der Waals surface area contributed by atoms with Crippen LogP contribution in [0.15, 0.2) is 0 Å². The fraction of sp³-hybridized carbons (Fsp3) is 0.941. The lowest BCUT2D eigenvalue weighted by Crippen LogP contribution is -2.45. The van der Waals surface area contributed by atoms with Crippen LogP contribution >= 0.6 is 0 Å². The average molecular weight is 295 g/mol. The molecule has 2 rings (SSSR count). The molecule has 0 radical (unpaired) electrons. The van der Waals surface area contributed by atoms with Gasteiger partial charge in [-0.2, -0.15) is 0 Å². The Morgan fingerprint density at radius 3 is 2.19 bits per heavy atom. The van der Waals surface area contributed by atoms with Crippen LogP contribution in [0.5, 0.6) is 0 Å². The van der Waals surface area contributed by atoms with Gasteiger partial charge in [0.2, 0.25) is 0 Å². The van der Waals surface area contributed by atoms with Gasteiger partial charge in [-0.3, -0.25) is 0 Å². The highest BCUT2D eigenvalue weighted by atomic mass is 16.2. The van der Waals surface area contributed by atoms with Gasteiger partial charge in [-0.15, -0.1) is 0 Å². The maximum Gasteiger partial charge on any atom is 0.315 e. The molecule has 0 heterocycles. The molecule has 2 amide bonds. The van der Waals surface area contributed by atoms with Gasteiger partial charge in [0.1, 0.15) is 0 Å². The highest BCUT2D eigenvalue weighted by molar-refractivity contribution is 5.74. The van der Waals surface area contributed by atoms with Gasteiger partial charge in [0.25, 0.3) is 0 Å². The van der Waals surface area contributed by atoms with Gasteiger partial charge in [0.05, 0.1) is 0 Å². The van der Waals surface area contributed by atoms with E-state index in [1.54, 1.807) is 0 Å².